The van der Waals surface area contributed by atoms with Gasteiger partial charge in [-0.25, -0.2) is 22.5 Å². The standard InChI is InChI=1S/C19H15F4N3O/c20-11-1-2-16-17(9-11)26(10-24-16)13-3-5-25(6-4-13)19(27)18-14(22)7-12(21)8-15(18)23/h1-2,7-10,13H,3-6H2. The number of hydrogen-bond acceptors (Lipinski definition) is 2. The first kappa shape index (κ1) is 17.5. The van der Waals surface area contributed by atoms with Crippen molar-refractivity contribution in [3.8, 4) is 0 Å². The second-order valence-electron chi connectivity index (χ2n) is 6.55. The van der Waals surface area contributed by atoms with Gasteiger partial charge in [0.15, 0.2) is 0 Å². The lowest BCUT2D eigenvalue weighted by atomic mass is 10.0. The van der Waals surface area contributed by atoms with Crippen LogP contribution in [0.3, 0.4) is 0 Å². The van der Waals surface area contributed by atoms with Crippen molar-refractivity contribution in [2.24, 2.45) is 0 Å². The first-order valence-electron chi connectivity index (χ1n) is 8.50. The maximum absolute atomic E-state index is 13.9. The maximum atomic E-state index is 13.9. The van der Waals surface area contributed by atoms with Crippen LogP contribution < -0.4 is 0 Å². The van der Waals surface area contributed by atoms with E-state index in [0.717, 1.165) is 0 Å². The highest BCUT2D eigenvalue weighted by molar-refractivity contribution is 5.94. The summed E-state index contributed by atoms with van der Waals surface area (Å²) < 4.78 is 56.1. The summed E-state index contributed by atoms with van der Waals surface area (Å²) in [7, 11) is 0. The summed E-state index contributed by atoms with van der Waals surface area (Å²) in [5.74, 6) is -4.66. The molecule has 0 aliphatic carbocycles. The molecule has 1 aliphatic rings. The fraction of sp³-hybridized carbons (Fsp3) is 0.263. The second kappa shape index (κ2) is 6.68. The van der Waals surface area contributed by atoms with Gasteiger partial charge in [0.2, 0.25) is 0 Å². The minimum Gasteiger partial charge on any atom is -0.338 e. The summed E-state index contributed by atoms with van der Waals surface area (Å²) in [6.07, 6.45) is 2.68. The van der Waals surface area contributed by atoms with Crippen molar-refractivity contribution in [1.82, 2.24) is 14.5 Å². The van der Waals surface area contributed by atoms with E-state index in [-0.39, 0.29) is 24.9 Å². The van der Waals surface area contributed by atoms with Crippen molar-refractivity contribution in [2.75, 3.05) is 13.1 Å². The smallest absolute Gasteiger partial charge is 0.259 e. The largest absolute Gasteiger partial charge is 0.338 e. The van der Waals surface area contributed by atoms with E-state index in [9.17, 15) is 22.4 Å². The average molecular weight is 377 g/mol. The predicted molar refractivity (Wildman–Crippen MR) is 90.2 cm³/mol. The molecule has 1 fully saturated rings. The summed E-state index contributed by atoms with van der Waals surface area (Å²) in [5, 5.41) is 0. The number of carbonyl (C=O) groups excluding carboxylic acids is 1. The second-order valence-corrected chi connectivity index (χ2v) is 6.55. The van der Waals surface area contributed by atoms with Crippen LogP contribution in [0.5, 0.6) is 0 Å². The molecule has 0 N–H and O–H groups in total. The number of halogens is 4. The van der Waals surface area contributed by atoms with Crippen LogP contribution in [0, 0.1) is 23.3 Å². The van der Waals surface area contributed by atoms with Crippen molar-refractivity contribution in [2.45, 2.75) is 18.9 Å². The molecule has 3 aromatic rings. The van der Waals surface area contributed by atoms with Crippen LogP contribution in [0.1, 0.15) is 29.2 Å². The molecule has 140 valence electrons. The number of piperidine rings is 1. The maximum Gasteiger partial charge on any atom is 0.259 e. The third-order valence-electron chi connectivity index (χ3n) is 4.90. The van der Waals surface area contributed by atoms with E-state index in [4.69, 9.17) is 0 Å². The molecule has 0 unspecified atom stereocenters. The highest BCUT2D eigenvalue weighted by Crippen LogP contribution is 2.28. The van der Waals surface area contributed by atoms with Crippen molar-refractivity contribution in [1.29, 1.82) is 0 Å². The number of imidazole rings is 1. The first-order valence-corrected chi connectivity index (χ1v) is 8.50. The van der Waals surface area contributed by atoms with Gasteiger partial charge in [-0.05, 0) is 31.0 Å². The average Bonchev–Trinajstić information content (AvgIpc) is 3.04. The molecule has 0 atom stereocenters. The molecule has 4 rings (SSSR count). The Bertz CT molecular complexity index is 1000. The molecule has 1 saturated heterocycles. The van der Waals surface area contributed by atoms with E-state index in [1.54, 1.807) is 12.4 Å². The number of carbonyl (C=O) groups is 1. The van der Waals surface area contributed by atoms with E-state index >= 15 is 0 Å². The quantitative estimate of drug-likeness (QED) is 0.632. The molecule has 27 heavy (non-hydrogen) atoms. The zero-order chi connectivity index (χ0) is 19.1. The first-order chi connectivity index (χ1) is 12.9. The molecule has 2 aromatic carbocycles. The fourth-order valence-corrected chi connectivity index (χ4v) is 3.54. The number of fused-ring (bicyclic) bond motifs is 1. The van der Waals surface area contributed by atoms with Gasteiger partial charge >= 0.3 is 0 Å². The fourth-order valence-electron chi connectivity index (χ4n) is 3.54. The molecule has 0 saturated carbocycles. The molecule has 0 radical (unpaired) electrons. The summed E-state index contributed by atoms with van der Waals surface area (Å²) in [6.45, 7) is 0.545. The van der Waals surface area contributed by atoms with Crippen molar-refractivity contribution in [3.63, 3.8) is 0 Å². The van der Waals surface area contributed by atoms with Crippen LogP contribution in [0.15, 0.2) is 36.7 Å². The van der Waals surface area contributed by atoms with Gasteiger partial charge in [-0.15, -0.1) is 0 Å². The van der Waals surface area contributed by atoms with Gasteiger partial charge in [0, 0.05) is 31.3 Å². The van der Waals surface area contributed by atoms with E-state index < -0.39 is 28.9 Å². The van der Waals surface area contributed by atoms with Gasteiger partial charge < -0.3 is 9.47 Å². The molecule has 1 amide bonds. The van der Waals surface area contributed by atoms with E-state index in [2.05, 4.69) is 4.98 Å². The SMILES string of the molecule is O=C(c1c(F)cc(F)cc1F)N1CCC(n2cnc3ccc(F)cc32)CC1. The van der Waals surface area contributed by atoms with E-state index in [0.29, 0.717) is 36.0 Å². The molecular weight excluding hydrogens is 362 g/mol. The Morgan fingerprint density at radius 2 is 1.63 bits per heavy atom. The molecule has 1 aromatic heterocycles. The van der Waals surface area contributed by atoms with Gasteiger partial charge in [-0.3, -0.25) is 4.79 Å². The van der Waals surface area contributed by atoms with Crippen LogP contribution in [-0.4, -0.2) is 33.4 Å². The number of hydrogen-bond donors (Lipinski definition) is 0. The summed E-state index contributed by atoms with van der Waals surface area (Å²) in [4.78, 5) is 18.0. The number of rotatable bonds is 2. The Kier molecular flexibility index (Phi) is 4.33. The Morgan fingerprint density at radius 3 is 2.30 bits per heavy atom. The van der Waals surface area contributed by atoms with Crippen molar-refractivity contribution < 1.29 is 22.4 Å². The molecule has 1 aliphatic heterocycles. The lowest BCUT2D eigenvalue weighted by molar-refractivity contribution is 0.0686. The van der Waals surface area contributed by atoms with Gasteiger partial charge in [-0.1, -0.05) is 0 Å². The summed E-state index contributed by atoms with van der Waals surface area (Å²) >= 11 is 0. The lowest BCUT2D eigenvalue weighted by Crippen LogP contribution is -2.39. The van der Waals surface area contributed by atoms with Crippen LogP contribution in [0.25, 0.3) is 11.0 Å². The highest BCUT2D eigenvalue weighted by Gasteiger charge is 2.29. The van der Waals surface area contributed by atoms with E-state index in [1.807, 2.05) is 4.57 Å². The minimum atomic E-state index is -1.21. The summed E-state index contributed by atoms with van der Waals surface area (Å²) in [6, 6.07) is 5.32. The normalized spacial score (nSPS) is 15.5. The van der Waals surface area contributed by atoms with Crippen LogP contribution >= 0.6 is 0 Å². The Balaban J connectivity index is 1.52. The molecule has 0 bridgehead atoms. The van der Waals surface area contributed by atoms with E-state index in [1.165, 1.54) is 17.0 Å². The molecule has 8 heteroatoms. The van der Waals surface area contributed by atoms with Gasteiger partial charge in [0.25, 0.3) is 5.91 Å². The zero-order valence-electron chi connectivity index (χ0n) is 14.1. The van der Waals surface area contributed by atoms with Crippen molar-refractivity contribution >= 4 is 16.9 Å². The molecular formula is C19H15F4N3O. The number of aromatic nitrogens is 2. The van der Waals surface area contributed by atoms with Gasteiger partial charge in [0.05, 0.1) is 17.4 Å². The molecule has 2 heterocycles. The number of benzene rings is 2. The molecule has 4 nitrogen and oxygen atoms in total. The van der Waals surface area contributed by atoms with Gasteiger partial charge in [0.1, 0.15) is 28.8 Å². The van der Waals surface area contributed by atoms with Crippen LogP contribution in [0.2, 0.25) is 0 Å². The third kappa shape index (κ3) is 3.15. The Hall–Kier alpha value is -2.90. The summed E-state index contributed by atoms with van der Waals surface area (Å²) in [5.41, 5.74) is 0.589. The minimum absolute atomic E-state index is 0.0104. The van der Waals surface area contributed by atoms with Gasteiger partial charge in [-0.2, -0.15) is 0 Å². The zero-order valence-corrected chi connectivity index (χ0v) is 14.1. The van der Waals surface area contributed by atoms with Crippen LogP contribution in [-0.2, 0) is 0 Å². The Labute approximate surface area is 152 Å². The third-order valence-corrected chi connectivity index (χ3v) is 4.90. The Morgan fingerprint density at radius 1 is 0.963 bits per heavy atom. The number of likely N-dealkylation sites (tertiary alicyclic amines) is 1. The highest BCUT2D eigenvalue weighted by atomic mass is 19.1. The number of nitrogens with zero attached hydrogens (tertiary/aromatic N) is 3. The van der Waals surface area contributed by atoms with Crippen LogP contribution in [0.4, 0.5) is 17.6 Å². The number of amides is 1. The topological polar surface area (TPSA) is 38.1 Å². The lowest BCUT2D eigenvalue weighted by Gasteiger charge is -2.33. The monoisotopic (exact) mass is 377 g/mol. The molecule has 0 spiro atoms. The predicted octanol–water partition coefficient (Wildman–Crippen LogP) is 4.07. The van der Waals surface area contributed by atoms with Crippen molar-refractivity contribution in [3.05, 3.63) is 65.5 Å².